The maximum absolute atomic E-state index is 12.0. The van der Waals surface area contributed by atoms with Crippen molar-refractivity contribution < 1.29 is 9.53 Å². The molecule has 136 valence electrons. The van der Waals surface area contributed by atoms with Crippen LogP contribution in [0.2, 0.25) is 0 Å². The first kappa shape index (κ1) is 15.9. The molecule has 2 aliphatic heterocycles. The minimum Gasteiger partial charge on any atom is -0.487 e. The van der Waals surface area contributed by atoms with Crippen molar-refractivity contribution in [1.29, 1.82) is 0 Å². The highest BCUT2D eigenvalue weighted by Gasteiger charge is 2.35. The van der Waals surface area contributed by atoms with E-state index in [0.717, 1.165) is 37.3 Å². The number of carbonyl (C=O) groups excluding carboxylic acids is 1. The van der Waals surface area contributed by atoms with Gasteiger partial charge in [-0.3, -0.25) is 4.79 Å². The van der Waals surface area contributed by atoms with Crippen LogP contribution in [0.4, 0.5) is 0 Å². The van der Waals surface area contributed by atoms with Crippen LogP contribution in [-0.4, -0.2) is 27.8 Å². The normalized spacial score (nSPS) is 23.6. The van der Waals surface area contributed by atoms with Crippen molar-refractivity contribution in [3.8, 4) is 11.4 Å². The zero-order valence-electron chi connectivity index (χ0n) is 15.4. The number of rotatable bonds is 4. The number of ether oxygens (including phenoxy) is 1. The van der Waals surface area contributed by atoms with E-state index >= 15 is 0 Å². The summed E-state index contributed by atoms with van der Waals surface area (Å²) < 4.78 is 8.21. The van der Waals surface area contributed by atoms with Gasteiger partial charge in [-0.15, -0.1) is 0 Å². The Bertz CT molecular complexity index is 879. The number of carbonyl (C=O) groups is 1. The van der Waals surface area contributed by atoms with Crippen molar-refractivity contribution in [2.45, 2.75) is 57.5 Å². The van der Waals surface area contributed by atoms with Gasteiger partial charge >= 0.3 is 0 Å². The Hall–Kier alpha value is -2.30. The molecular formula is C21H25N3O2. The molecule has 1 unspecified atom stereocenters. The standard InChI is InChI=1S/C21H25N3O2/c1-21(2)12-15-10-18(17(13-3-4-13)11-19(15)26-21)24-16(6-8-23-24)9-14-5-7-22-20(14)25/h6,8,10-11,13-14H,3-5,7,9,12H2,1-2H3,(H,22,25). The van der Waals surface area contributed by atoms with E-state index in [1.54, 1.807) is 0 Å². The number of amides is 1. The maximum atomic E-state index is 12.0. The number of hydrogen-bond acceptors (Lipinski definition) is 3. The second-order valence-corrected chi connectivity index (χ2v) is 8.55. The Morgan fingerprint density at radius 2 is 2.15 bits per heavy atom. The molecule has 1 amide bonds. The topological polar surface area (TPSA) is 56.2 Å². The predicted molar refractivity (Wildman–Crippen MR) is 98.8 cm³/mol. The van der Waals surface area contributed by atoms with Crippen LogP contribution >= 0.6 is 0 Å². The molecule has 2 fully saturated rings. The van der Waals surface area contributed by atoms with Gasteiger partial charge in [-0.1, -0.05) is 0 Å². The fourth-order valence-electron chi connectivity index (χ4n) is 4.35. The lowest BCUT2D eigenvalue weighted by Crippen LogP contribution is -2.24. The van der Waals surface area contributed by atoms with Gasteiger partial charge in [0, 0.05) is 42.8 Å². The van der Waals surface area contributed by atoms with Gasteiger partial charge in [0.1, 0.15) is 11.4 Å². The Kier molecular flexibility index (Phi) is 3.43. The molecule has 3 heterocycles. The molecule has 0 bridgehead atoms. The summed E-state index contributed by atoms with van der Waals surface area (Å²) in [6.45, 7) is 5.07. The van der Waals surface area contributed by atoms with Crippen molar-refractivity contribution in [3.05, 3.63) is 41.2 Å². The van der Waals surface area contributed by atoms with Crippen LogP contribution in [0.25, 0.3) is 5.69 Å². The summed E-state index contributed by atoms with van der Waals surface area (Å²) >= 11 is 0. The van der Waals surface area contributed by atoms with Crippen molar-refractivity contribution in [2.75, 3.05) is 6.54 Å². The molecule has 5 nitrogen and oxygen atoms in total. The molecule has 1 aliphatic carbocycles. The summed E-state index contributed by atoms with van der Waals surface area (Å²) in [6.07, 6.45) is 6.89. The summed E-state index contributed by atoms with van der Waals surface area (Å²) in [7, 11) is 0. The van der Waals surface area contributed by atoms with Crippen LogP contribution in [0.1, 0.15) is 55.8 Å². The smallest absolute Gasteiger partial charge is 0.223 e. The van der Waals surface area contributed by atoms with Crippen molar-refractivity contribution in [1.82, 2.24) is 15.1 Å². The van der Waals surface area contributed by atoms with Gasteiger partial charge in [-0.05, 0) is 62.8 Å². The predicted octanol–water partition coefficient (Wildman–Crippen LogP) is 3.14. The van der Waals surface area contributed by atoms with E-state index in [9.17, 15) is 4.79 Å². The molecule has 1 aromatic heterocycles. The molecule has 2 aromatic rings. The van der Waals surface area contributed by atoms with Crippen LogP contribution < -0.4 is 10.1 Å². The Morgan fingerprint density at radius 1 is 1.31 bits per heavy atom. The summed E-state index contributed by atoms with van der Waals surface area (Å²) in [5.41, 5.74) is 4.74. The van der Waals surface area contributed by atoms with Crippen LogP contribution in [-0.2, 0) is 17.6 Å². The first-order chi connectivity index (χ1) is 12.5. The molecule has 1 atom stereocenters. The lowest BCUT2D eigenvalue weighted by molar-refractivity contribution is -0.122. The largest absolute Gasteiger partial charge is 0.487 e. The molecular weight excluding hydrogens is 326 g/mol. The first-order valence-electron chi connectivity index (χ1n) is 9.67. The maximum Gasteiger partial charge on any atom is 0.223 e. The van der Waals surface area contributed by atoms with Crippen LogP contribution in [0, 0.1) is 5.92 Å². The van der Waals surface area contributed by atoms with Gasteiger partial charge in [0.25, 0.3) is 0 Å². The van der Waals surface area contributed by atoms with Crippen molar-refractivity contribution in [3.63, 3.8) is 0 Å². The van der Waals surface area contributed by atoms with Gasteiger partial charge in [0.15, 0.2) is 0 Å². The quantitative estimate of drug-likeness (QED) is 0.921. The zero-order chi connectivity index (χ0) is 17.9. The van der Waals surface area contributed by atoms with Crippen LogP contribution in [0.3, 0.4) is 0 Å². The van der Waals surface area contributed by atoms with Crippen molar-refractivity contribution in [2.24, 2.45) is 5.92 Å². The van der Waals surface area contributed by atoms with Crippen molar-refractivity contribution >= 4 is 5.91 Å². The molecule has 1 saturated heterocycles. The highest BCUT2D eigenvalue weighted by atomic mass is 16.5. The van der Waals surface area contributed by atoms with Crippen LogP contribution in [0.5, 0.6) is 5.75 Å². The molecule has 26 heavy (non-hydrogen) atoms. The van der Waals surface area contributed by atoms with Crippen LogP contribution in [0.15, 0.2) is 24.4 Å². The molecule has 0 spiro atoms. The molecule has 5 heteroatoms. The second kappa shape index (κ2) is 5.60. The van der Waals surface area contributed by atoms with E-state index in [4.69, 9.17) is 4.74 Å². The van der Waals surface area contributed by atoms with E-state index in [2.05, 4.69) is 47.1 Å². The number of nitrogens with zero attached hydrogens (tertiary/aromatic N) is 2. The number of aromatic nitrogens is 2. The van der Waals surface area contributed by atoms with Gasteiger partial charge in [0.2, 0.25) is 5.91 Å². The average Bonchev–Trinajstić information content (AvgIpc) is 3.07. The second-order valence-electron chi connectivity index (χ2n) is 8.55. The number of nitrogens with one attached hydrogen (secondary N) is 1. The summed E-state index contributed by atoms with van der Waals surface area (Å²) in [4.78, 5) is 12.0. The van der Waals surface area contributed by atoms with Gasteiger partial charge in [-0.2, -0.15) is 5.10 Å². The lowest BCUT2D eigenvalue weighted by Gasteiger charge is -2.17. The molecule has 3 aliphatic rings. The highest BCUT2D eigenvalue weighted by Crippen LogP contribution is 2.47. The first-order valence-corrected chi connectivity index (χ1v) is 9.67. The van der Waals surface area contributed by atoms with E-state index in [1.165, 1.54) is 29.7 Å². The van der Waals surface area contributed by atoms with Gasteiger partial charge in [0.05, 0.1) is 5.69 Å². The molecule has 1 aromatic carbocycles. The monoisotopic (exact) mass is 351 g/mol. The summed E-state index contributed by atoms with van der Waals surface area (Å²) in [5.74, 6) is 1.87. The minimum atomic E-state index is -0.142. The molecule has 1 N–H and O–H groups in total. The number of fused-ring (bicyclic) bond motifs is 1. The van der Waals surface area contributed by atoms with Gasteiger partial charge in [-0.25, -0.2) is 4.68 Å². The third kappa shape index (κ3) is 2.70. The van der Waals surface area contributed by atoms with E-state index in [1.807, 2.05) is 6.20 Å². The fraction of sp³-hybridized carbons (Fsp3) is 0.524. The SMILES string of the molecule is CC1(C)Cc2cc(-n3nccc3CC3CCNC3=O)c(C3CC3)cc2O1. The lowest BCUT2D eigenvalue weighted by atomic mass is 9.98. The molecule has 0 radical (unpaired) electrons. The van der Waals surface area contributed by atoms with E-state index < -0.39 is 0 Å². The summed E-state index contributed by atoms with van der Waals surface area (Å²) in [6, 6.07) is 6.56. The fourth-order valence-corrected chi connectivity index (χ4v) is 4.35. The summed E-state index contributed by atoms with van der Waals surface area (Å²) in [5, 5.41) is 7.57. The molecule has 1 saturated carbocycles. The highest BCUT2D eigenvalue weighted by molar-refractivity contribution is 5.80. The zero-order valence-corrected chi connectivity index (χ0v) is 15.4. The minimum absolute atomic E-state index is 0.0616. The Morgan fingerprint density at radius 3 is 2.88 bits per heavy atom. The van der Waals surface area contributed by atoms with E-state index in [-0.39, 0.29) is 17.4 Å². The number of benzene rings is 1. The Labute approximate surface area is 153 Å². The Balaban J connectivity index is 1.55. The third-order valence-electron chi connectivity index (χ3n) is 5.80. The molecule has 5 rings (SSSR count). The number of hydrogen-bond donors (Lipinski definition) is 1. The average molecular weight is 351 g/mol. The third-order valence-corrected chi connectivity index (χ3v) is 5.80. The van der Waals surface area contributed by atoms with Gasteiger partial charge < -0.3 is 10.1 Å². The van der Waals surface area contributed by atoms with E-state index in [0.29, 0.717) is 5.92 Å².